The van der Waals surface area contributed by atoms with Crippen molar-refractivity contribution in [3.05, 3.63) is 52.4 Å². The Morgan fingerprint density at radius 1 is 1.03 bits per heavy atom. The molecule has 4 rings (SSSR count). The Kier molecular flexibility index (Phi) is 7.68. The van der Waals surface area contributed by atoms with E-state index in [4.69, 9.17) is 5.10 Å². The highest BCUT2D eigenvalue weighted by Gasteiger charge is 2.43. The molecule has 0 saturated carbocycles. The monoisotopic (exact) mass is 546 g/mol. The Hall–Kier alpha value is -2.85. The molecule has 10 heteroatoms. The minimum atomic E-state index is -4.44. The van der Waals surface area contributed by atoms with Crippen molar-refractivity contribution in [2.75, 3.05) is 18.4 Å². The van der Waals surface area contributed by atoms with E-state index in [0.29, 0.717) is 16.9 Å². The second kappa shape index (κ2) is 10.3. The molecule has 2 aromatic heterocycles. The van der Waals surface area contributed by atoms with Crippen molar-refractivity contribution in [3.8, 4) is 0 Å². The van der Waals surface area contributed by atoms with E-state index in [1.165, 1.54) is 12.1 Å². The van der Waals surface area contributed by atoms with Crippen molar-refractivity contribution in [1.29, 1.82) is 0 Å². The summed E-state index contributed by atoms with van der Waals surface area (Å²) in [7, 11) is 0. The summed E-state index contributed by atoms with van der Waals surface area (Å²) in [5.74, 6) is 0.394. The average molecular weight is 547 g/mol. The zero-order chi connectivity index (χ0) is 28.8. The van der Waals surface area contributed by atoms with E-state index in [0.717, 1.165) is 37.9 Å². The molecule has 0 amide bonds. The van der Waals surface area contributed by atoms with Crippen LogP contribution in [0.15, 0.2) is 41.3 Å². The van der Waals surface area contributed by atoms with Crippen molar-refractivity contribution in [2.45, 2.75) is 96.6 Å². The summed E-state index contributed by atoms with van der Waals surface area (Å²) in [6.07, 6.45) is -0.144. The number of H-pyrrole nitrogens is 1. The van der Waals surface area contributed by atoms with E-state index in [-0.39, 0.29) is 22.2 Å². The first-order valence-corrected chi connectivity index (χ1v) is 13.6. The molecule has 1 aliphatic heterocycles. The maximum absolute atomic E-state index is 13.8. The largest absolute Gasteiger partial charge is 0.407 e. The molecule has 0 spiro atoms. The maximum Gasteiger partial charge on any atom is 0.407 e. The van der Waals surface area contributed by atoms with Crippen LogP contribution in [0.3, 0.4) is 0 Å². The molecule has 3 N–H and O–H groups in total. The van der Waals surface area contributed by atoms with Gasteiger partial charge >= 0.3 is 6.18 Å². The van der Waals surface area contributed by atoms with Crippen LogP contribution < -0.4 is 16.2 Å². The first-order valence-electron chi connectivity index (χ1n) is 13.6. The van der Waals surface area contributed by atoms with Crippen molar-refractivity contribution in [1.82, 2.24) is 25.0 Å². The van der Waals surface area contributed by atoms with Crippen molar-refractivity contribution in [2.24, 2.45) is 0 Å². The molecule has 1 aromatic carbocycles. The number of aromatic nitrogens is 3. The minimum Gasteiger partial charge on any atom is -0.338 e. The minimum absolute atomic E-state index is 0.0790. The van der Waals surface area contributed by atoms with Gasteiger partial charge in [0.2, 0.25) is 0 Å². The Balaban J connectivity index is 1.67. The number of halogens is 3. The molecule has 0 bridgehead atoms. The van der Waals surface area contributed by atoms with Crippen LogP contribution in [0, 0.1) is 0 Å². The summed E-state index contributed by atoms with van der Waals surface area (Å²) in [5.41, 5.74) is 0.275. The lowest BCUT2D eigenvalue weighted by molar-refractivity contribution is -0.161. The number of piperidine rings is 1. The number of alkyl halides is 3. The van der Waals surface area contributed by atoms with Gasteiger partial charge in [-0.2, -0.15) is 18.3 Å². The van der Waals surface area contributed by atoms with Gasteiger partial charge in [-0.05, 0) is 84.6 Å². The van der Waals surface area contributed by atoms with E-state index in [9.17, 15) is 18.0 Å². The van der Waals surface area contributed by atoms with Gasteiger partial charge in [0.25, 0.3) is 5.56 Å². The number of likely N-dealkylation sites (tertiary alicyclic amines) is 1. The topological polar surface area (TPSA) is 78.0 Å². The second-order valence-corrected chi connectivity index (χ2v) is 12.7. The highest BCUT2D eigenvalue weighted by molar-refractivity contribution is 5.91. The van der Waals surface area contributed by atoms with E-state index in [1.807, 2.05) is 10.7 Å². The van der Waals surface area contributed by atoms with Crippen molar-refractivity contribution >= 4 is 22.4 Å². The summed E-state index contributed by atoms with van der Waals surface area (Å²) in [6.45, 7) is 15.8. The second-order valence-electron chi connectivity index (χ2n) is 12.7. The number of anilines is 2. The first-order chi connectivity index (χ1) is 18.0. The maximum atomic E-state index is 13.8. The number of pyridine rings is 1. The third-order valence-corrected chi connectivity index (χ3v) is 7.77. The number of hydrogen-bond donors (Lipinski definition) is 3. The third-order valence-electron chi connectivity index (χ3n) is 7.77. The SMILES string of the molecule is CCC1(n2nc(Nc3ccc(C(NC(C)(C)C)C(F)(F)F)cc3)c3c(=O)[nH]ccc32)CCN(C(C)(C)C)CC1. The summed E-state index contributed by atoms with van der Waals surface area (Å²) in [5, 5.41) is 11.2. The Morgan fingerprint density at radius 3 is 2.15 bits per heavy atom. The van der Waals surface area contributed by atoms with Crippen molar-refractivity contribution in [3.63, 3.8) is 0 Å². The van der Waals surface area contributed by atoms with Crippen LogP contribution in [-0.4, -0.2) is 50.0 Å². The molecule has 3 aromatic rings. The zero-order valence-electron chi connectivity index (χ0n) is 24.0. The molecule has 3 heterocycles. The zero-order valence-corrected chi connectivity index (χ0v) is 24.0. The normalized spacial score (nSPS) is 17.9. The fourth-order valence-corrected chi connectivity index (χ4v) is 5.52. The molecule has 1 atom stereocenters. The van der Waals surface area contributed by atoms with Gasteiger partial charge in [-0.15, -0.1) is 0 Å². The number of rotatable bonds is 6. The number of nitrogens with one attached hydrogen (secondary N) is 3. The van der Waals surface area contributed by atoms with Gasteiger partial charge in [-0.25, -0.2) is 0 Å². The predicted octanol–water partition coefficient (Wildman–Crippen LogP) is 6.46. The molecule has 1 fully saturated rings. The molecule has 1 saturated heterocycles. The van der Waals surface area contributed by atoms with Crippen molar-refractivity contribution < 1.29 is 13.2 Å². The summed E-state index contributed by atoms with van der Waals surface area (Å²) >= 11 is 0. The van der Waals surface area contributed by atoms with Crippen LogP contribution in [-0.2, 0) is 5.54 Å². The fourth-order valence-electron chi connectivity index (χ4n) is 5.52. The molecule has 214 valence electrons. The van der Waals surface area contributed by atoms with Crippen LogP contribution >= 0.6 is 0 Å². The number of aromatic amines is 1. The van der Waals surface area contributed by atoms with E-state index < -0.39 is 17.8 Å². The molecule has 1 aliphatic rings. The van der Waals surface area contributed by atoms with Gasteiger partial charge in [0.1, 0.15) is 11.4 Å². The van der Waals surface area contributed by atoms with E-state index >= 15 is 0 Å². The molecular weight excluding hydrogens is 505 g/mol. The Labute approximate surface area is 228 Å². The van der Waals surface area contributed by atoms with Gasteiger partial charge in [-0.1, -0.05) is 19.1 Å². The summed E-state index contributed by atoms with van der Waals surface area (Å²) < 4.78 is 43.4. The molecule has 0 radical (unpaired) electrons. The highest BCUT2D eigenvalue weighted by atomic mass is 19.4. The first kappa shape index (κ1) is 29.1. The average Bonchev–Trinajstić information content (AvgIpc) is 3.21. The lowest BCUT2D eigenvalue weighted by Crippen LogP contribution is -2.52. The van der Waals surface area contributed by atoms with Crippen LogP contribution in [0.5, 0.6) is 0 Å². The quantitative estimate of drug-likeness (QED) is 0.331. The van der Waals surface area contributed by atoms with Gasteiger partial charge in [0, 0.05) is 36.1 Å². The number of hydrogen-bond acceptors (Lipinski definition) is 5. The lowest BCUT2D eigenvalue weighted by Gasteiger charge is -2.46. The molecular formula is C29H41F3N6O. The fraction of sp³-hybridized carbons (Fsp3) is 0.586. The smallest absolute Gasteiger partial charge is 0.338 e. The molecule has 39 heavy (non-hydrogen) atoms. The van der Waals surface area contributed by atoms with Crippen LogP contribution in [0.1, 0.15) is 79.3 Å². The molecule has 7 nitrogen and oxygen atoms in total. The van der Waals surface area contributed by atoms with E-state index in [1.54, 1.807) is 39.1 Å². The lowest BCUT2D eigenvalue weighted by atomic mass is 9.83. The van der Waals surface area contributed by atoms with Gasteiger partial charge in [-0.3, -0.25) is 19.7 Å². The Bertz CT molecular complexity index is 1340. The van der Waals surface area contributed by atoms with E-state index in [2.05, 4.69) is 48.2 Å². The number of nitrogens with zero attached hydrogens (tertiary/aromatic N) is 3. The number of fused-ring (bicyclic) bond motifs is 1. The van der Waals surface area contributed by atoms with Crippen LogP contribution in [0.25, 0.3) is 10.9 Å². The highest BCUT2D eigenvalue weighted by Crippen LogP contribution is 2.39. The number of benzene rings is 1. The third kappa shape index (κ3) is 6.17. The van der Waals surface area contributed by atoms with Crippen LogP contribution in [0.2, 0.25) is 0 Å². The van der Waals surface area contributed by atoms with Gasteiger partial charge in [0.15, 0.2) is 5.82 Å². The molecule has 1 unspecified atom stereocenters. The van der Waals surface area contributed by atoms with Crippen LogP contribution in [0.4, 0.5) is 24.7 Å². The Morgan fingerprint density at radius 2 is 1.64 bits per heavy atom. The standard InChI is InChI=1S/C29H41F3N6O/c1-8-28(14-17-37(18-15-28)27(5,6)7)38-21-13-16-33-25(39)22(21)24(36-38)34-20-11-9-19(10-12-20)23(29(30,31)32)35-26(2,3)4/h9-13,16,23,35H,8,14-15,17-18H2,1-7H3,(H,33,39)(H,34,36). The molecule has 0 aliphatic carbocycles. The summed E-state index contributed by atoms with van der Waals surface area (Å²) in [6, 6.07) is 6.18. The summed E-state index contributed by atoms with van der Waals surface area (Å²) in [4.78, 5) is 18.2. The van der Waals surface area contributed by atoms with Gasteiger partial charge in [0.05, 0.1) is 11.1 Å². The van der Waals surface area contributed by atoms with Gasteiger partial charge < -0.3 is 10.3 Å². The predicted molar refractivity (Wildman–Crippen MR) is 151 cm³/mol.